The highest BCUT2D eigenvalue weighted by molar-refractivity contribution is 6.40. The van der Waals surface area contributed by atoms with Crippen LogP contribution in [0.15, 0.2) is 48.5 Å². The first-order chi connectivity index (χ1) is 14.5. The molecule has 0 unspecified atom stereocenters. The molecule has 164 valence electrons. The van der Waals surface area contributed by atoms with Crippen molar-refractivity contribution >= 4 is 57.8 Å². The van der Waals surface area contributed by atoms with Crippen LogP contribution in [0.1, 0.15) is 34.6 Å². The summed E-state index contributed by atoms with van der Waals surface area (Å²) in [6, 6.07) is 14.0. The van der Waals surface area contributed by atoms with E-state index in [0.29, 0.717) is 21.4 Å². The summed E-state index contributed by atoms with van der Waals surface area (Å²) in [5.41, 5.74) is 9.70. The number of amidine groups is 2. The van der Waals surface area contributed by atoms with Crippen LogP contribution in [0, 0.1) is 0 Å². The number of hydrogen-bond acceptors (Lipinski definition) is 4. The molecule has 0 aliphatic rings. The molecule has 0 atom stereocenters. The number of hydrazone groups is 1. The molecule has 0 aliphatic carbocycles. The second kappa shape index (κ2) is 10.4. The lowest BCUT2D eigenvalue weighted by Gasteiger charge is -2.18. The molecule has 4 N–H and O–H groups in total. The van der Waals surface area contributed by atoms with Gasteiger partial charge in [-0.25, -0.2) is 5.43 Å². The summed E-state index contributed by atoms with van der Waals surface area (Å²) in [5.74, 6) is -0.136. The molecule has 7 nitrogen and oxygen atoms in total. The van der Waals surface area contributed by atoms with Crippen LogP contribution in [0.25, 0.3) is 0 Å². The fraction of sp³-hybridized carbons (Fsp3) is 0.273. The van der Waals surface area contributed by atoms with Gasteiger partial charge in [-0.15, -0.1) is 4.58 Å². The van der Waals surface area contributed by atoms with E-state index in [2.05, 4.69) is 21.4 Å². The topological polar surface area (TPSA) is 87.2 Å². The van der Waals surface area contributed by atoms with Crippen LogP contribution >= 0.6 is 23.2 Å². The van der Waals surface area contributed by atoms with Gasteiger partial charge in [-0.2, -0.15) is 5.43 Å². The molecule has 9 heteroatoms. The van der Waals surface area contributed by atoms with Crippen molar-refractivity contribution in [3.8, 4) is 0 Å². The zero-order valence-electron chi connectivity index (χ0n) is 18.1. The Balaban J connectivity index is 2.48. The molecule has 2 aromatic rings. The minimum Gasteiger partial charge on any atom is -0.296 e. The Labute approximate surface area is 192 Å². The quantitative estimate of drug-likeness (QED) is 0.229. The number of carbonyl (C=O) groups is 2. The van der Waals surface area contributed by atoms with Gasteiger partial charge in [0.1, 0.15) is 0 Å². The standard InChI is InChI=1S/C22H25Cl2N5O2/c1-14(30)20(27-25-18-10-6-16(23)7-11-18)29(22(3,4)5)21(15(2)31)28-26-19-12-8-17(24)9-13-19/h6-13H,1-5H3,(H2,25,26,30,31)/p+2. The summed E-state index contributed by atoms with van der Waals surface area (Å²) in [5, 5.41) is 4.14. The molecule has 0 spiro atoms. The first-order valence-corrected chi connectivity index (χ1v) is 10.4. The van der Waals surface area contributed by atoms with Crippen LogP contribution in [0.3, 0.4) is 0 Å². The highest BCUT2D eigenvalue weighted by Crippen LogP contribution is 2.14. The van der Waals surface area contributed by atoms with Crippen molar-refractivity contribution in [2.24, 2.45) is 0 Å². The van der Waals surface area contributed by atoms with Crippen LogP contribution < -0.4 is 21.4 Å². The molecule has 0 amide bonds. The lowest BCUT2D eigenvalue weighted by atomic mass is 10.1. The number of hydrazine groups is 2. The largest absolute Gasteiger partial charge is 0.510 e. The summed E-state index contributed by atoms with van der Waals surface area (Å²) in [4.78, 5) is 25.1. The Kier molecular flexibility index (Phi) is 8.19. The number of halogens is 2. The van der Waals surface area contributed by atoms with Crippen molar-refractivity contribution in [3.63, 3.8) is 0 Å². The maximum absolute atomic E-state index is 12.6. The lowest BCUT2D eigenvalue weighted by Crippen LogP contribution is -2.82. The van der Waals surface area contributed by atoms with Crippen LogP contribution in [-0.4, -0.2) is 33.4 Å². The van der Waals surface area contributed by atoms with Gasteiger partial charge < -0.3 is 0 Å². The van der Waals surface area contributed by atoms with E-state index >= 15 is 0 Å². The molecule has 0 saturated heterocycles. The number of benzene rings is 2. The van der Waals surface area contributed by atoms with Crippen LogP contribution in [0.4, 0.5) is 11.4 Å². The Morgan fingerprint density at radius 1 is 0.839 bits per heavy atom. The van der Waals surface area contributed by atoms with Crippen LogP contribution in [0.5, 0.6) is 0 Å². The molecule has 31 heavy (non-hydrogen) atoms. The molecule has 0 fully saturated rings. The predicted octanol–water partition coefficient (Wildman–Crippen LogP) is 2.80. The normalized spacial score (nSPS) is 12.7. The Hall–Kier alpha value is -2.90. The number of Topliss-reactive ketones (excluding diaryl/α,β-unsaturated/α-hetero) is 2. The van der Waals surface area contributed by atoms with E-state index in [9.17, 15) is 9.59 Å². The smallest absolute Gasteiger partial charge is 0.296 e. The number of nitrogens with zero attached hydrogens (tertiary/aromatic N) is 1. The molecule has 2 rings (SSSR count). The molecule has 0 heterocycles. The Morgan fingerprint density at radius 3 is 1.74 bits per heavy atom. The molecule has 0 radical (unpaired) electrons. The molecule has 0 aliphatic heterocycles. The van der Waals surface area contributed by atoms with Gasteiger partial charge in [0, 0.05) is 44.7 Å². The summed E-state index contributed by atoms with van der Waals surface area (Å²) in [6.45, 7) is 8.54. The summed E-state index contributed by atoms with van der Waals surface area (Å²) in [7, 11) is 0. The second-order valence-electron chi connectivity index (χ2n) is 7.83. The zero-order chi connectivity index (χ0) is 23.2. The summed E-state index contributed by atoms with van der Waals surface area (Å²) < 4.78 is 1.61. The zero-order valence-corrected chi connectivity index (χ0v) is 19.7. The highest BCUT2D eigenvalue weighted by atomic mass is 35.5. The summed E-state index contributed by atoms with van der Waals surface area (Å²) in [6.07, 6.45) is 0. The monoisotopic (exact) mass is 463 g/mol. The van der Waals surface area contributed by atoms with Crippen molar-refractivity contribution < 1.29 is 19.3 Å². The molecule has 0 aromatic heterocycles. The maximum atomic E-state index is 12.6. The third-order valence-corrected chi connectivity index (χ3v) is 4.63. The maximum Gasteiger partial charge on any atom is 0.510 e. The van der Waals surface area contributed by atoms with Gasteiger partial charge in [0.05, 0.1) is 11.4 Å². The van der Waals surface area contributed by atoms with Gasteiger partial charge in [-0.1, -0.05) is 28.3 Å². The first kappa shape index (κ1) is 24.4. The number of ketones is 2. The van der Waals surface area contributed by atoms with E-state index < -0.39 is 5.54 Å². The van der Waals surface area contributed by atoms with E-state index in [1.807, 2.05) is 20.8 Å². The molecular formula is C22H27Cl2N5O2+2. The molecule has 2 aromatic carbocycles. The van der Waals surface area contributed by atoms with E-state index in [1.54, 1.807) is 53.1 Å². The number of carbonyl (C=O) groups excluding carboxylic acids is 2. The number of rotatable bonds is 6. The number of hydrogen-bond donors (Lipinski definition) is 4. The van der Waals surface area contributed by atoms with Crippen molar-refractivity contribution in [1.29, 1.82) is 0 Å². The SMILES string of the molecule is CC(=O)C(=[NH+]Nc1ccc(Cl)cc1)[N+](=C(NNc1ccc(Cl)cc1)C(C)=O)C(C)(C)C. The second-order valence-corrected chi connectivity index (χ2v) is 8.70. The van der Waals surface area contributed by atoms with E-state index in [0.717, 1.165) is 0 Å². The predicted molar refractivity (Wildman–Crippen MR) is 126 cm³/mol. The van der Waals surface area contributed by atoms with Crippen LogP contribution in [0.2, 0.25) is 10.0 Å². The Bertz CT molecular complexity index is 1010. The van der Waals surface area contributed by atoms with Gasteiger partial charge in [-0.3, -0.25) is 15.0 Å². The van der Waals surface area contributed by atoms with E-state index in [-0.39, 0.29) is 23.2 Å². The van der Waals surface area contributed by atoms with Crippen molar-refractivity contribution in [1.82, 2.24) is 5.43 Å². The van der Waals surface area contributed by atoms with Crippen molar-refractivity contribution in [2.75, 3.05) is 10.9 Å². The molecule has 0 saturated carbocycles. The Morgan fingerprint density at radius 2 is 1.32 bits per heavy atom. The summed E-state index contributed by atoms with van der Waals surface area (Å²) >= 11 is 11.9. The van der Waals surface area contributed by atoms with Gasteiger partial charge >= 0.3 is 11.7 Å². The first-order valence-electron chi connectivity index (χ1n) is 9.60. The van der Waals surface area contributed by atoms with E-state index in [4.69, 9.17) is 23.2 Å². The average molecular weight is 464 g/mol. The van der Waals surface area contributed by atoms with Gasteiger partial charge in [0.15, 0.2) is 5.54 Å². The van der Waals surface area contributed by atoms with Gasteiger partial charge in [0.2, 0.25) is 5.78 Å². The third kappa shape index (κ3) is 7.08. The third-order valence-electron chi connectivity index (χ3n) is 4.12. The minimum atomic E-state index is -0.620. The number of nitrogens with one attached hydrogen (secondary N) is 4. The van der Waals surface area contributed by atoms with Crippen molar-refractivity contribution in [3.05, 3.63) is 58.6 Å². The van der Waals surface area contributed by atoms with Gasteiger partial charge in [-0.05, 0) is 48.5 Å². The van der Waals surface area contributed by atoms with Crippen molar-refractivity contribution in [2.45, 2.75) is 40.2 Å². The minimum absolute atomic E-state index is 0.193. The van der Waals surface area contributed by atoms with E-state index in [1.165, 1.54) is 13.8 Å². The molecule has 0 bridgehead atoms. The average Bonchev–Trinajstić information content (AvgIpc) is 2.68. The highest BCUT2D eigenvalue weighted by Gasteiger charge is 2.42. The van der Waals surface area contributed by atoms with Crippen LogP contribution in [-0.2, 0) is 9.59 Å². The fourth-order valence-corrected chi connectivity index (χ4v) is 2.97. The molecular weight excluding hydrogens is 437 g/mol. The lowest BCUT2D eigenvalue weighted by molar-refractivity contribution is -0.562. The van der Waals surface area contributed by atoms with Gasteiger partial charge in [0.25, 0.3) is 5.78 Å². The number of anilines is 2. The fourth-order valence-electron chi connectivity index (χ4n) is 2.71.